The quantitative estimate of drug-likeness (QED) is 0.755. The molecular weight excluding hydrogens is 164 g/mol. The molecule has 60 valence electrons. The van der Waals surface area contributed by atoms with Gasteiger partial charge in [0.2, 0.25) is 5.76 Å². The van der Waals surface area contributed by atoms with Gasteiger partial charge in [-0.1, -0.05) is 0 Å². The molecule has 4 heteroatoms. The third-order valence-corrected chi connectivity index (χ3v) is 1.84. The molecule has 0 unspecified atom stereocenters. The molecule has 0 saturated carbocycles. The number of thioether (sulfide) groups is 1. The van der Waals surface area contributed by atoms with Crippen LogP contribution in [0.3, 0.4) is 0 Å². The standard InChI is InChI=1S/C7H8O3S/c1-11-4-5-2-3-10-6(5)7(8)9/h2-3H,4H2,1H3,(H,8,9). The Hall–Kier alpha value is -0.900. The fourth-order valence-corrected chi connectivity index (χ4v) is 1.33. The van der Waals surface area contributed by atoms with E-state index in [0.717, 1.165) is 5.56 Å². The van der Waals surface area contributed by atoms with Gasteiger partial charge in [0.15, 0.2) is 0 Å². The molecule has 1 rings (SSSR count). The van der Waals surface area contributed by atoms with E-state index < -0.39 is 5.97 Å². The van der Waals surface area contributed by atoms with Crippen molar-refractivity contribution in [3.63, 3.8) is 0 Å². The van der Waals surface area contributed by atoms with E-state index in [1.54, 1.807) is 17.8 Å². The minimum Gasteiger partial charge on any atom is -0.475 e. The number of aromatic carboxylic acids is 1. The first kappa shape index (κ1) is 8.20. The highest BCUT2D eigenvalue weighted by molar-refractivity contribution is 7.97. The highest BCUT2D eigenvalue weighted by atomic mass is 32.2. The average molecular weight is 172 g/mol. The summed E-state index contributed by atoms with van der Waals surface area (Å²) >= 11 is 1.57. The van der Waals surface area contributed by atoms with Crippen LogP contribution in [0.2, 0.25) is 0 Å². The molecule has 0 atom stereocenters. The van der Waals surface area contributed by atoms with Crippen LogP contribution in [0.1, 0.15) is 16.1 Å². The molecule has 3 nitrogen and oxygen atoms in total. The summed E-state index contributed by atoms with van der Waals surface area (Å²) in [7, 11) is 0. The molecule has 0 amide bonds. The molecule has 1 aromatic rings. The Morgan fingerprint density at radius 2 is 2.55 bits per heavy atom. The number of carboxylic acids is 1. The van der Waals surface area contributed by atoms with Crippen molar-refractivity contribution in [2.45, 2.75) is 5.75 Å². The molecule has 0 bridgehead atoms. The van der Waals surface area contributed by atoms with Gasteiger partial charge in [-0.05, 0) is 12.3 Å². The Morgan fingerprint density at radius 1 is 1.82 bits per heavy atom. The molecule has 0 spiro atoms. The number of rotatable bonds is 3. The third-order valence-electron chi connectivity index (χ3n) is 1.24. The maximum absolute atomic E-state index is 10.5. The Kier molecular flexibility index (Phi) is 2.59. The van der Waals surface area contributed by atoms with Crippen LogP contribution in [0.5, 0.6) is 0 Å². The van der Waals surface area contributed by atoms with Crippen LogP contribution in [-0.2, 0) is 5.75 Å². The van der Waals surface area contributed by atoms with Crippen LogP contribution in [0.15, 0.2) is 16.7 Å². The predicted octanol–water partition coefficient (Wildman–Crippen LogP) is 1.84. The molecule has 11 heavy (non-hydrogen) atoms. The number of furan rings is 1. The number of carboxylic acid groups (broad SMARTS) is 1. The maximum atomic E-state index is 10.5. The zero-order chi connectivity index (χ0) is 8.27. The zero-order valence-corrected chi connectivity index (χ0v) is 6.85. The van der Waals surface area contributed by atoms with Gasteiger partial charge in [0.25, 0.3) is 0 Å². The average Bonchev–Trinajstić information content (AvgIpc) is 2.36. The smallest absolute Gasteiger partial charge is 0.372 e. The lowest BCUT2D eigenvalue weighted by Gasteiger charge is -1.93. The van der Waals surface area contributed by atoms with Gasteiger partial charge in [-0.15, -0.1) is 0 Å². The second kappa shape index (κ2) is 3.48. The minimum atomic E-state index is -1.00. The SMILES string of the molecule is CSCc1ccoc1C(=O)O. The van der Waals surface area contributed by atoms with E-state index in [1.165, 1.54) is 6.26 Å². The van der Waals surface area contributed by atoms with Gasteiger partial charge in [0, 0.05) is 11.3 Å². The predicted molar refractivity (Wildman–Crippen MR) is 42.9 cm³/mol. The summed E-state index contributed by atoms with van der Waals surface area (Å²) in [5.74, 6) is -0.267. The van der Waals surface area contributed by atoms with Gasteiger partial charge in [-0.25, -0.2) is 4.79 Å². The highest BCUT2D eigenvalue weighted by Gasteiger charge is 2.12. The molecule has 0 aliphatic heterocycles. The summed E-state index contributed by atoms with van der Waals surface area (Å²) < 4.78 is 4.77. The lowest BCUT2D eigenvalue weighted by molar-refractivity contribution is 0.0661. The van der Waals surface area contributed by atoms with Gasteiger partial charge in [-0.3, -0.25) is 0 Å². The molecule has 0 radical (unpaired) electrons. The van der Waals surface area contributed by atoms with Gasteiger partial charge in [-0.2, -0.15) is 11.8 Å². The van der Waals surface area contributed by atoms with Gasteiger partial charge in [0.1, 0.15) is 0 Å². The first-order valence-electron chi connectivity index (χ1n) is 3.04. The van der Waals surface area contributed by atoms with Crippen molar-refractivity contribution in [2.75, 3.05) is 6.26 Å². The first-order chi connectivity index (χ1) is 5.25. The summed E-state index contributed by atoms with van der Waals surface area (Å²) in [5.41, 5.74) is 0.741. The second-order valence-electron chi connectivity index (χ2n) is 2.01. The minimum absolute atomic E-state index is 0.0550. The largest absolute Gasteiger partial charge is 0.475 e. The van der Waals surface area contributed by atoms with E-state index in [2.05, 4.69) is 0 Å². The molecule has 1 aromatic heterocycles. The van der Waals surface area contributed by atoms with E-state index >= 15 is 0 Å². The van der Waals surface area contributed by atoms with Gasteiger partial charge in [0.05, 0.1) is 6.26 Å². The molecule has 0 aromatic carbocycles. The highest BCUT2D eigenvalue weighted by Crippen LogP contribution is 2.15. The zero-order valence-electron chi connectivity index (χ0n) is 6.03. The van der Waals surface area contributed by atoms with Crippen molar-refractivity contribution in [3.05, 3.63) is 23.7 Å². The third kappa shape index (κ3) is 1.77. The number of carbonyl (C=O) groups is 1. The Morgan fingerprint density at radius 3 is 3.09 bits per heavy atom. The van der Waals surface area contributed by atoms with Crippen LogP contribution in [0, 0.1) is 0 Å². The Labute approximate surface area is 68.4 Å². The molecule has 1 N–H and O–H groups in total. The molecule has 0 aliphatic rings. The van der Waals surface area contributed by atoms with Crippen molar-refractivity contribution in [3.8, 4) is 0 Å². The molecule has 0 aliphatic carbocycles. The molecule has 1 heterocycles. The van der Waals surface area contributed by atoms with E-state index in [4.69, 9.17) is 9.52 Å². The molecule has 0 fully saturated rings. The normalized spacial score (nSPS) is 9.91. The summed E-state index contributed by atoms with van der Waals surface area (Å²) in [6.45, 7) is 0. The maximum Gasteiger partial charge on any atom is 0.372 e. The lowest BCUT2D eigenvalue weighted by Crippen LogP contribution is -1.97. The van der Waals surface area contributed by atoms with Crippen molar-refractivity contribution in [2.24, 2.45) is 0 Å². The van der Waals surface area contributed by atoms with Crippen molar-refractivity contribution in [1.82, 2.24) is 0 Å². The fourth-order valence-electron chi connectivity index (χ4n) is 0.792. The number of hydrogen-bond donors (Lipinski definition) is 1. The van der Waals surface area contributed by atoms with Crippen molar-refractivity contribution >= 4 is 17.7 Å². The van der Waals surface area contributed by atoms with Crippen LogP contribution >= 0.6 is 11.8 Å². The topological polar surface area (TPSA) is 50.4 Å². The van der Waals surface area contributed by atoms with E-state index in [9.17, 15) is 4.79 Å². The second-order valence-corrected chi connectivity index (χ2v) is 2.88. The van der Waals surface area contributed by atoms with Crippen molar-refractivity contribution < 1.29 is 14.3 Å². The fraction of sp³-hybridized carbons (Fsp3) is 0.286. The Balaban J connectivity index is 2.87. The van der Waals surface area contributed by atoms with E-state index in [0.29, 0.717) is 5.75 Å². The summed E-state index contributed by atoms with van der Waals surface area (Å²) in [4.78, 5) is 10.5. The van der Waals surface area contributed by atoms with E-state index in [-0.39, 0.29) is 5.76 Å². The van der Waals surface area contributed by atoms with Crippen molar-refractivity contribution in [1.29, 1.82) is 0 Å². The van der Waals surface area contributed by atoms with Gasteiger partial charge < -0.3 is 9.52 Å². The molecule has 0 saturated heterocycles. The monoisotopic (exact) mass is 172 g/mol. The van der Waals surface area contributed by atoms with Gasteiger partial charge >= 0.3 is 5.97 Å². The van der Waals surface area contributed by atoms with Crippen LogP contribution in [-0.4, -0.2) is 17.3 Å². The summed E-state index contributed by atoms with van der Waals surface area (Å²) in [6.07, 6.45) is 3.31. The molecular formula is C7H8O3S. The van der Waals surface area contributed by atoms with E-state index in [1.807, 2.05) is 6.26 Å². The summed E-state index contributed by atoms with van der Waals surface area (Å²) in [6, 6.07) is 1.68. The first-order valence-corrected chi connectivity index (χ1v) is 4.43. The number of hydrogen-bond acceptors (Lipinski definition) is 3. The van der Waals surface area contributed by atoms with Crippen LogP contribution < -0.4 is 0 Å². The summed E-state index contributed by atoms with van der Waals surface area (Å²) in [5, 5.41) is 8.58. The lowest BCUT2D eigenvalue weighted by atomic mass is 10.3. The Bertz CT molecular complexity index is 254. The van der Waals surface area contributed by atoms with Crippen LogP contribution in [0.25, 0.3) is 0 Å². The van der Waals surface area contributed by atoms with Crippen LogP contribution in [0.4, 0.5) is 0 Å².